The van der Waals surface area contributed by atoms with Crippen LogP contribution in [0.15, 0.2) is 73.3 Å². The molecule has 0 heterocycles. The molecule has 2 aromatic rings. The first kappa shape index (κ1) is 19.5. The van der Waals surface area contributed by atoms with E-state index in [1.54, 1.807) is 12.1 Å². The quantitative estimate of drug-likeness (QED) is 0.471. The number of allylic oxidation sites excluding steroid dienone is 3. The predicted octanol–water partition coefficient (Wildman–Crippen LogP) is 7.78. The fourth-order valence-electron chi connectivity index (χ4n) is 3.90. The van der Waals surface area contributed by atoms with Crippen LogP contribution < -0.4 is 0 Å². The molecule has 0 unspecified atom stereocenters. The molecule has 2 aromatic carbocycles. The van der Waals surface area contributed by atoms with E-state index in [0.717, 1.165) is 35.6 Å². The minimum atomic E-state index is -4.29. The highest BCUT2D eigenvalue weighted by molar-refractivity contribution is 5.64. The van der Waals surface area contributed by atoms with Gasteiger partial charge in [-0.3, -0.25) is 0 Å². The fraction of sp³-hybridized carbons (Fsp3) is 0.333. The second-order valence-electron chi connectivity index (χ2n) is 7.31. The Hall–Kier alpha value is -2.29. The second-order valence-corrected chi connectivity index (χ2v) is 7.31. The molecule has 0 amide bonds. The van der Waals surface area contributed by atoms with Crippen LogP contribution in [0.1, 0.15) is 49.1 Å². The smallest absolute Gasteiger partial charge is 0.166 e. The van der Waals surface area contributed by atoms with Crippen LogP contribution in [0.3, 0.4) is 0 Å². The molecule has 3 rings (SSSR count). The van der Waals surface area contributed by atoms with Crippen molar-refractivity contribution in [2.24, 2.45) is 5.92 Å². The van der Waals surface area contributed by atoms with E-state index >= 15 is 0 Å². The van der Waals surface area contributed by atoms with E-state index in [2.05, 4.69) is 24.8 Å². The van der Waals surface area contributed by atoms with Crippen molar-refractivity contribution >= 4 is 0 Å². The van der Waals surface area contributed by atoms with Crippen LogP contribution in [0, 0.1) is 5.92 Å². The Balaban J connectivity index is 1.61. The second kappa shape index (κ2) is 8.60. The zero-order valence-electron chi connectivity index (χ0n) is 15.4. The molecule has 1 saturated carbocycles. The molecule has 0 radical (unpaired) electrons. The van der Waals surface area contributed by atoms with E-state index in [4.69, 9.17) is 0 Å². The number of hydrogen-bond donors (Lipinski definition) is 0. The van der Waals surface area contributed by atoms with Crippen molar-refractivity contribution in [3.63, 3.8) is 0 Å². The van der Waals surface area contributed by atoms with Gasteiger partial charge in [-0.15, -0.1) is 0 Å². The van der Waals surface area contributed by atoms with Crippen molar-refractivity contribution in [2.45, 2.75) is 44.2 Å². The molecular weight excluding hydrogens is 345 g/mol. The van der Waals surface area contributed by atoms with Crippen molar-refractivity contribution < 1.29 is 13.2 Å². The van der Waals surface area contributed by atoms with Gasteiger partial charge >= 0.3 is 6.18 Å². The van der Waals surface area contributed by atoms with Crippen molar-refractivity contribution in [3.05, 3.63) is 84.5 Å². The maximum absolute atomic E-state index is 12.7. The summed E-state index contributed by atoms with van der Waals surface area (Å²) in [6, 6.07) is 13.7. The van der Waals surface area contributed by atoms with Gasteiger partial charge in [-0.25, -0.2) is 0 Å². The number of rotatable bonds is 5. The molecule has 27 heavy (non-hydrogen) atoms. The summed E-state index contributed by atoms with van der Waals surface area (Å²) in [6.45, 7) is 3.70. The van der Waals surface area contributed by atoms with E-state index in [1.807, 2.05) is 24.3 Å². The van der Waals surface area contributed by atoms with Gasteiger partial charge in [0.15, 0.2) is 0 Å². The number of benzene rings is 2. The third-order valence-corrected chi connectivity index (χ3v) is 5.52. The normalized spacial score (nSPS) is 20.7. The summed E-state index contributed by atoms with van der Waals surface area (Å²) in [4.78, 5) is 0. The Kier molecular flexibility index (Phi) is 6.20. The van der Waals surface area contributed by atoms with Crippen LogP contribution in [0.2, 0.25) is 0 Å². The lowest BCUT2D eigenvalue weighted by Crippen LogP contribution is -2.12. The molecule has 0 spiro atoms. The fourth-order valence-corrected chi connectivity index (χ4v) is 3.90. The van der Waals surface area contributed by atoms with Crippen LogP contribution in [0.4, 0.5) is 13.2 Å². The van der Waals surface area contributed by atoms with E-state index < -0.39 is 11.7 Å². The summed E-state index contributed by atoms with van der Waals surface area (Å²) >= 11 is 0. The molecule has 1 aliphatic carbocycles. The molecule has 0 aromatic heterocycles. The average Bonchev–Trinajstić information content (AvgIpc) is 2.68. The summed E-state index contributed by atoms with van der Waals surface area (Å²) in [5, 5.41) is 0. The van der Waals surface area contributed by atoms with E-state index in [0.29, 0.717) is 5.92 Å². The minimum Gasteiger partial charge on any atom is -0.166 e. The Morgan fingerprint density at radius 1 is 0.852 bits per heavy atom. The molecule has 0 aliphatic heterocycles. The lowest BCUT2D eigenvalue weighted by molar-refractivity contribution is -0.137. The van der Waals surface area contributed by atoms with E-state index in [-0.39, 0.29) is 0 Å². The van der Waals surface area contributed by atoms with Gasteiger partial charge in [-0.2, -0.15) is 13.2 Å². The third-order valence-electron chi connectivity index (χ3n) is 5.52. The summed E-state index contributed by atoms with van der Waals surface area (Å²) in [5.74, 6) is 1.36. The zero-order valence-corrected chi connectivity index (χ0v) is 15.4. The summed E-state index contributed by atoms with van der Waals surface area (Å²) in [7, 11) is 0. The molecule has 0 bridgehead atoms. The molecule has 0 nitrogen and oxygen atoms in total. The largest absolute Gasteiger partial charge is 0.416 e. The molecule has 0 saturated heterocycles. The van der Waals surface area contributed by atoms with Gasteiger partial charge in [-0.1, -0.05) is 61.2 Å². The van der Waals surface area contributed by atoms with Gasteiger partial charge < -0.3 is 0 Å². The molecule has 0 atom stereocenters. The van der Waals surface area contributed by atoms with Crippen LogP contribution in [-0.2, 0) is 6.18 Å². The van der Waals surface area contributed by atoms with Crippen molar-refractivity contribution in [2.75, 3.05) is 0 Å². The summed E-state index contributed by atoms with van der Waals surface area (Å²) in [5.41, 5.74) is 2.50. The summed E-state index contributed by atoms with van der Waals surface area (Å²) < 4.78 is 38.1. The highest BCUT2D eigenvalue weighted by atomic mass is 19.4. The van der Waals surface area contributed by atoms with E-state index in [9.17, 15) is 13.2 Å². The Morgan fingerprint density at radius 3 is 1.93 bits per heavy atom. The van der Waals surface area contributed by atoms with E-state index in [1.165, 1.54) is 31.2 Å². The average molecular weight is 370 g/mol. The monoisotopic (exact) mass is 370 g/mol. The number of hydrogen-bond acceptors (Lipinski definition) is 0. The maximum atomic E-state index is 12.7. The van der Waals surface area contributed by atoms with Crippen molar-refractivity contribution in [1.82, 2.24) is 0 Å². The van der Waals surface area contributed by atoms with Crippen LogP contribution in [0.25, 0.3) is 11.1 Å². The topological polar surface area (TPSA) is 0 Å². The van der Waals surface area contributed by atoms with Crippen LogP contribution >= 0.6 is 0 Å². The lowest BCUT2D eigenvalue weighted by atomic mass is 9.77. The standard InChI is InChI=1S/C24H25F3/c1-2-3-4-5-18-6-8-19(9-7-18)20-10-12-21(13-11-20)22-14-16-23(17-15-22)24(25,26)27/h2-4,10-19H,1,5-9H2. The Bertz CT molecular complexity index is 759. The van der Waals surface area contributed by atoms with Crippen LogP contribution in [-0.4, -0.2) is 0 Å². The van der Waals surface area contributed by atoms with Gasteiger partial charge in [0.25, 0.3) is 0 Å². The third kappa shape index (κ3) is 5.12. The number of halogens is 3. The highest BCUT2D eigenvalue weighted by Gasteiger charge is 2.30. The molecule has 1 aliphatic rings. The lowest BCUT2D eigenvalue weighted by Gasteiger charge is -2.28. The van der Waals surface area contributed by atoms with Gasteiger partial charge in [0.2, 0.25) is 0 Å². The molecule has 142 valence electrons. The van der Waals surface area contributed by atoms with Gasteiger partial charge in [0.05, 0.1) is 5.56 Å². The number of alkyl halides is 3. The SMILES string of the molecule is C=CC=CCC1CCC(c2ccc(-c3ccc(C(F)(F)F)cc3)cc2)CC1. The molecule has 0 N–H and O–H groups in total. The van der Waals surface area contributed by atoms with Crippen molar-refractivity contribution in [3.8, 4) is 11.1 Å². The maximum Gasteiger partial charge on any atom is 0.416 e. The molecule has 3 heteroatoms. The van der Waals surface area contributed by atoms with Crippen LogP contribution in [0.5, 0.6) is 0 Å². The highest BCUT2D eigenvalue weighted by Crippen LogP contribution is 2.38. The molecular formula is C24H25F3. The first-order valence-corrected chi connectivity index (χ1v) is 9.52. The predicted molar refractivity (Wildman–Crippen MR) is 106 cm³/mol. The first-order chi connectivity index (χ1) is 13.0. The van der Waals surface area contributed by atoms with Gasteiger partial charge in [-0.05, 0) is 72.8 Å². The van der Waals surface area contributed by atoms with Gasteiger partial charge in [0, 0.05) is 0 Å². The zero-order chi connectivity index (χ0) is 19.3. The first-order valence-electron chi connectivity index (χ1n) is 9.52. The molecule has 1 fully saturated rings. The Morgan fingerprint density at radius 2 is 1.41 bits per heavy atom. The summed E-state index contributed by atoms with van der Waals surface area (Å²) in [6.07, 6.45) is 7.78. The van der Waals surface area contributed by atoms with Crippen molar-refractivity contribution in [1.29, 1.82) is 0 Å². The van der Waals surface area contributed by atoms with Gasteiger partial charge in [0.1, 0.15) is 0 Å². The minimum absolute atomic E-state index is 0.589. The Labute approximate surface area is 159 Å².